The molecule has 5 heteroatoms. The molecule has 0 N–H and O–H groups in total. The van der Waals surface area contributed by atoms with Crippen molar-refractivity contribution in [1.29, 1.82) is 0 Å². The van der Waals surface area contributed by atoms with Gasteiger partial charge in [-0.1, -0.05) is 84.9 Å². The molecule has 4 aromatic carbocycles. The van der Waals surface area contributed by atoms with E-state index in [-0.39, 0.29) is 17.3 Å². The van der Waals surface area contributed by atoms with Gasteiger partial charge in [0.15, 0.2) is 17.3 Å². The zero-order valence-electron chi connectivity index (χ0n) is 20.3. The molecule has 2 aliphatic heterocycles. The number of rotatable bonds is 3. The van der Waals surface area contributed by atoms with Crippen LogP contribution >= 0.6 is 0 Å². The lowest BCUT2D eigenvalue weighted by Crippen LogP contribution is -2.48. The fraction of sp³-hybridized carbons (Fsp3) is 0.121. The number of ketones is 3. The van der Waals surface area contributed by atoms with E-state index in [0.29, 0.717) is 16.7 Å². The average molecular weight is 500 g/mol. The molecule has 38 heavy (non-hydrogen) atoms. The van der Waals surface area contributed by atoms with Crippen LogP contribution < -0.4 is 4.90 Å². The predicted molar refractivity (Wildman–Crippen MR) is 143 cm³/mol. The zero-order chi connectivity index (χ0) is 26.0. The van der Waals surface area contributed by atoms with Crippen LogP contribution in [0, 0.1) is 11.2 Å². The van der Waals surface area contributed by atoms with Crippen molar-refractivity contribution < 1.29 is 18.8 Å². The number of nitrogens with zero attached hydrogens (tertiary/aromatic N) is 1. The second-order valence-electron chi connectivity index (χ2n) is 10.0. The maximum atomic E-state index is 14.5. The standard InChI is InChI=1S/C33H22FNO3/c34-23-17-14-22(15-18-23)30(36)29-28(21-9-2-1-3-10-21)33(31(37)24-11-5-6-12-25(24)32(33)38)27-19-16-20-8-4-7-13-26(20)35(27)29/h1-19,27-29H/t27-,28-,29+/m0/s1. The van der Waals surface area contributed by atoms with Crippen LogP contribution in [0.15, 0.2) is 109 Å². The quantitative estimate of drug-likeness (QED) is 0.251. The molecule has 184 valence electrons. The maximum absolute atomic E-state index is 14.5. The lowest BCUT2D eigenvalue weighted by atomic mass is 9.64. The molecule has 1 fully saturated rings. The lowest BCUT2D eigenvalue weighted by molar-refractivity contribution is 0.0666. The predicted octanol–water partition coefficient (Wildman–Crippen LogP) is 6.14. The number of carbonyl (C=O) groups excluding carboxylic acids is 3. The number of anilines is 1. The first-order valence-electron chi connectivity index (χ1n) is 12.6. The van der Waals surface area contributed by atoms with Gasteiger partial charge in [0.25, 0.3) is 0 Å². The minimum absolute atomic E-state index is 0.262. The maximum Gasteiger partial charge on any atom is 0.185 e. The minimum atomic E-state index is -1.53. The summed E-state index contributed by atoms with van der Waals surface area (Å²) in [7, 11) is 0. The van der Waals surface area contributed by atoms with Crippen molar-refractivity contribution in [2.45, 2.75) is 18.0 Å². The molecule has 3 aliphatic rings. The van der Waals surface area contributed by atoms with Gasteiger partial charge in [-0.15, -0.1) is 0 Å². The van der Waals surface area contributed by atoms with Gasteiger partial charge in [-0.05, 0) is 41.5 Å². The van der Waals surface area contributed by atoms with Crippen LogP contribution in [0.1, 0.15) is 48.1 Å². The lowest BCUT2D eigenvalue weighted by Gasteiger charge is -2.37. The fourth-order valence-corrected chi connectivity index (χ4v) is 6.74. The summed E-state index contributed by atoms with van der Waals surface area (Å²) in [6.07, 6.45) is 3.84. The fourth-order valence-electron chi connectivity index (χ4n) is 6.74. The van der Waals surface area contributed by atoms with Crippen molar-refractivity contribution >= 4 is 29.1 Å². The molecule has 4 nitrogen and oxygen atoms in total. The van der Waals surface area contributed by atoms with Gasteiger partial charge in [0, 0.05) is 28.3 Å². The van der Waals surface area contributed by atoms with Gasteiger partial charge in [-0.3, -0.25) is 14.4 Å². The summed E-state index contributed by atoms with van der Waals surface area (Å²) in [6, 6.07) is 27.9. The monoisotopic (exact) mass is 499 g/mol. The van der Waals surface area contributed by atoms with E-state index in [2.05, 4.69) is 0 Å². The molecule has 3 atom stereocenters. The van der Waals surface area contributed by atoms with E-state index in [1.165, 1.54) is 24.3 Å². The highest BCUT2D eigenvalue weighted by atomic mass is 19.1. The molecular weight excluding hydrogens is 477 g/mol. The van der Waals surface area contributed by atoms with Crippen LogP contribution in [-0.4, -0.2) is 29.4 Å². The first-order chi connectivity index (χ1) is 18.5. The van der Waals surface area contributed by atoms with Gasteiger partial charge in [0.2, 0.25) is 0 Å². The number of halogens is 1. The Morgan fingerprint density at radius 1 is 0.737 bits per heavy atom. The zero-order valence-corrected chi connectivity index (χ0v) is 20.3. The molecular formula is C33H22FNO3. The molecule has 1 aliphatic carbocycles. The Bertz CT molecular complexity index is 1620. The highest BCUT2D eigenvalue weighted by Gasteiger charge is 2.71. The summed E-state index contributed by atoms with van der Waals surface area (Å²) in [5, 5.41) is 0. The van der Waals surface area contributed by atoms with E-state index in [4.69, 9.17) is 0 Å². The van der Waals surface area contributed by atoms with Crippen LogP contribution in [0.25, 0.3) is 6.08 Å². The van der Waals surface area contributed by atoms with E-state index >= 15 is 0 Å². The van der Waals surface area contributed by atoms with Crippen molar-refractivity contribution in [3.63, 3.8) is 0 Å². The average Bonchev–Trinajstić information content (AvgIpc) is 3.40. The molecule has 4 aromatic rings. The molecule has 0 unspecified atom stereocenters. The number of fused-ring (bicyclic) bond motifs is 5. The smallest absolute Gasteiger partial charge is 0.185 e. The van der Waals surface area contributed by atoms with Crippen LogP contribution in [0.2, 0.25) is 0 Å². The third kappa shape index (κ3) is 2.87. The molecule has 0 bridgehead atoms. The van der Waals surface area contributed by atoms with Crippen molar-refractivity contribution in [1.82, 2.24) is 0 Å². The Kier molecular flexibility index (Phi) is 4.86. The second-order valence-corrected chi connectivity index (χ2v) is 10.0. The third-order valence-corrected chi connectivity index (χ3v) is 8.27. The van der Waals surface area contributed by atoms with Gasteiger partial charge < -0.3 is 4.90 Å². The van der Waals surface area contributed by atoms with E-state index < -0.39 is 29.2 Å². The number of hydrogen-bond donors (Lipinski definition) is 0. The Morgan fingerprint density at radius 3 is 2.03 bits per heavy atom. The molecule has 7 rings (SSSR count). The highest BCUT2D eigenvalue weighted by molar-refractivity contribution is 6.32. The Labute approximate surface area is 219 Å². The second kappa shape index (κ2) is 8.18. The Balaban J connectivity index is 1.54. The summed E-state index contributed by atoms with van der Waals surface area (Å²) < 4.78 is 13.8. The number of para-hydroxylation sites is 1. The van der Waals surface area contributed by atoms with Crippen molar-refractivity contribution in [2.24, 2.45) is 5.41 Å². The molecule has 0 aromatic heterocycles. The molecule has 0 saturated carbocycles. The first-order valence-corrected chi connectivity index (χ1v) is 12.6. The third-order valence-electron chi connectivity index (χ3n) is 8.27. The Hall–Kier alpha value is -4.64. The Morgan fingerprint density at radius 2 is 1.34 bits per heavy atom. The van der Waals surface area contributed by atoms with E-state index in [1.807, 2.05) is 71.6 Å². The minimum Gasteiger partial charge on any atom is -0.352 e. The van der Waals surface area contributed by atoms with E-state index in [1.54, 1.807) is 24.3 Å². The van der Waals surface area contributed by atoms with Gasteiger partial charge >= 0.3 is 0 Å². The topological polar surface area (TPSA) is 54.5 Å². The van der Waals surface area contributed by atoms with Crippen LogP contribution in [0.4, 0.5) is 10.1 Å². The summed E-state index contributed by atoms with van der Waals surface area (Å²) in [5.74, 6) is -2.00. The highest BCUT2D eigenvalue weighted by Crippen LogP contribution is 2.60. The van der Waals surface area contributed by atoms with Crippen molar-refractivity contribution in [3.05, 3.63) is 143 Å². The van der Waals surface area contributed by atoms with Gasteiger partial charge in [0.05, 0.1) is 6.04 Å². The molecule has 1 saturated heterocycles. The van der Waals surface area contributed by atoms with E-state index in [9.17, 15) is 18.8 Å². The van der Waals surface area contributed by atoms with E-state index in [0.717, 1.165) is 16.8 Å². The summed E-state index contributed by atoms with van der Waals surface area (Å²) in [4.78, 5) is 45.4. The summed E-state index contributed by atoms with van der Waals surface area (Å²) in [5.41, 5.74) is 2.00. The van der Waals surface area contributed by atoms with Gasteiger partial charge in [0.1, 0.15) is 17.3 Å². The number of benzene rings is 4. The van der Waals surface area contributed by atoms with Gasteiger partial charge in [-0.25, -0.2) is 4.39 Å². The molecule has 1 spiro atoms. The van der Waals surface area contributed by atoms with Crippen molar-refractivity contribution in [2.75, 3.05) is 4.90 Å². The number of hydrogen-bond acceptors (Lipinski definition) is 4. The van der Waals surface area contributed by atoms with Crippen LogP contribution in [-0.2, 0) is 0 Å². The normalized spacial score (nSPS) is 22.3. The largest absolute Gasteiger partial charge is 0.352 e. The summed E-state index contributed by atoms with van der Waals surface area (Å²) >= 11 is 0. The van der Waals surface area contributed by atoms with Crippen LogP contribution in [0.5, 0.6) is 0 Å². The molecule has 0 radical (unpaired) electrons. The van der Waals surface area contributed by atoms with Crippen LogP contribution in [0.3, 0.4) is 0 Å². The SMILES string of the molecule is O=C(c1ccc(F)cc1)[C@H]1[C@H](c2ccccc2)C2(C(=O)c3ccccc3C2=O)[C@@H]2C=Cc3ccccc3N21. The summed E-state index contributed by atoms with van der Waals surface area (Å²) in [6.45, 7) is 0. The van der Waals surface area contributed by atoms with Crippen molar-refractivity contribution in [3.8, 4) is 0 Å². The number of Topliss-reactive ketones (excluding diaryl/α,β-unsaturated/α-hetero) is 3. The first kappa shape index (κ1) is 22.5. The molecule has 0 amide bonds. The van der Waals surface area contributed by atoms with Gasteiger partial charge in [-0.2, -0.15) is 0 Å². The number of carbonyl (C=O) groups is 3. The molecule has 2 heterocycles.